The second kappa shape index (κ2) is 5.88. The Bertz CT molecular complexity index is 402. The van der Waals surface area contributed by atoms with Crippen LogP contribution in [0.2, 0.25) is 0 Å². The Morgan fingerprint density at radius 1 is 1.06 bits per heavy atom. The molecular weight excluding hydrogens is 218 g/mol. The van der Waals surface area contributed by atoms with Gasteiger partial charge in [-0.3, -0.25) is 0 Å². The molecule has 0 amide bonds. The first-order valence-electron chi connectivity index (χ1n) is 7.44. The lowest BCUT2D eigenvalue weighted by molar-refractivity contribution is 0.373. The molecule has 1 aromatic carbocycles. The van der Waals surface area contributed by atoms with Gasteiger partial charge < -0.3 is 5.32 Å². The van der Waals surface area contributed by atoms with Gasteiger partial charge in [0, 0.05) is 6.04 Å². The number of hydrogen-bond acceptors (Lipinski definition) is 1. The van der Waals surface area contributed by atoms with Crippen LogP contribution in [0, 0.1) is 26.7 Å². The Labute approximate surface area is 112 Å². The molecule has 0 aliphatic heterocycles. The van der Waals surface area contributed by atoms with Gasteiger partial charge in [-0.2, -0.15) is 0 Å². The summed E-state index contributed by atoms with van der Waals surface area (Å²) < 4.78 is 0. The molecule has 1 heteroatoms. The third kappa shape index (κ3) is 2.77. The van der Waals surface area contributed by atoms with Crippen molar-refractivity contribution in [3.63, 3.8) is 0 Å². The predicted octanol–water partition coefficient (Wildman–Crippen LogP) is 4.45. The maximum atomic E-state index is 3.73. The van der Waals surface area contributed by atoms with Gasteiger partial charge in [0.25, 0.3) is 0 Å². The van der Waals surface area contributed by atoms with Crippen molar-refractivity contribution in [3.8, 4) is 0 Å². The van der Waals surface area contributed by atoms with Crippen LogP contribution in [-0.2, 0) is 0 Å². The van der Waals surface area contributed by atoms with E-state index in [2.05, 4.69) is 45.1 Å². The van der Waals surface area contributed by atoms with Crippen LogP contribution in [0.4, 0.5) is 0 Å². The van der Waals surface area contributed by atoms with E-state index in [1.807, 2.05) is 0 Å². The average Bonchev–Trinajstić information content (AvgIpc) is 2.85. The van der Waals surface area contributed by atoms with Crippen molar-refractivity contribution in [2.24, 2.45) is 5.92 Å². The number of benzene rings is 1. The molecule has 1 atom stereocenters. The third-order valence-electron chi connectivity index (χ3n) is 4.51. The zero-order valence-electron chi connectivity index (χ0n) is 12.3. The van der Waals surface area contributed by atoms with E-state index in [1.165, 1.54) is 47.9 Å². The predicted molar refractivity (Wildman–Crippen MR) is 79.0 cm³/mol. The van der Waals surface area contributed by atoms with E-state index < -0.39 is 0 Å². The second-order valence-corrected chi connectivity index (χ2v) is 5.87. The minimum absolute atomic E-state index is 0.566. The molecule has 0 saturated heterocycles. The summed E-state index contributed by atoms with van der Waals surface area (Å²) in [5.74, 6) is 0.839. The summed E-state index contributed by atoms with van der Waals surface area (Å²) in [7, 11) is 0. The van der Waals surface area contributed by atoms with Crippen LogP contribution in [0.5, 0.6) is 0 Å². The minimum Gasteiger partial charge on any atom is -0.310 e. The maximum Gasteiger partial charge on any atom is 0.0351 e. The highest BCUT2D eigenvalue weighted by Crippen LogP contribution is 2.37. The maximum absolute atomic E-state index is 3.73. The van der Waals surface area contributed by atoms with Gasteiger partial charge in [0.1, 0.15) is 0 Å². The van der Waals surface area contributed by atoms with Gasteiger partial charge >= 0.3 is 0 Å². The lowest BCUT2D eigenvalue weighted by Crippen LogP contribution is -2.27. The summed E-state index contributed by atoms with van der Waals surface area (Å²) in [5.41, 5.74) is 5.83. The molecule has 1 aliphatic carbocycles. The van der Waals surface area contributed by atoms with Crippen molar-refractivity contribution >= 4 is 0 Å². The van der Waals surface area contributed by atoms with Crippen molar-refractivity contribution < 1.29 is 0 Å². The van der Waals surface area contributed by atoms with E-state index in [9.17, 15) is 0 Å². The Morgan fingerprint density at radius 3 is 2.28 bits per heavy atom. The molecular formula is C17H27N. The molecule has 1 N–H and O–H groups in total. The smallest absolute Gasteiger partial charge is 0.0351 e. The lowest BCUT2D eigenvalue weighted by atomic mass is 9.87. The molecule has 1 unspecified atom stereocenters. The fourth-order valence-corrected chi connectivity index (χ4v) is 3.36. The van der Waals surface area contributed by atoms with E-state index in [0.717, 1.165) is 12.5 Å². The van der Waals surface area contributed by atoms with Gasteiger partial charge in [-0.25, -0.2) is 0 Å². The average molecular weight is 245 g/mol. The van der Waals surface area contributed by atoms with Gasteiger partial charge in [-0.15, -0.1) is 0 Å². The largest absolute Gasteiger partial charge is 0.310 e. The first kappa shape index (κ1) is 13.6. The van der Waals surface area contributed by atoms with E-state index in [1.54, 1.807) is 0 Å². The Balaban J connectivity index is 2.32. The van der Waals surface area contributed by atoms with Crippen LogP contribution in [0.15, 0.2) is 12.1 Å². The van der Waals surface area contributed by atoms with Crippen LogP contribution in [0.25, 0.3) is 0 Å². The van der Waals surface area contributed by atoms with Crippen molar-refractivity contribution in [2.75, 3.05) is 6.54 Å². The Kier molecular flexibility index (Phi) is 4.45. The molecule has 2 rings (SSSR count). The van der Waals surface area contributed by atoms with Crippen LogP contribution in [-0.4, -0.2) is 6.54 Å². The van der Waals surface area contributed by atoms with Crippen LogP contribution < -0.4 is 5.32 Å². The van der Waals surface area contributed by atoms with Crippen LogP contribution >= 0.6 is 0 Å². The van der Waals surface area contributed by atoms with Crippen molar-refractivity contribution in [3.05, 3.63) is 34.4 Å². The molecule has 1 saturated carbocycles. The highest BCUT2D eigenvalue weighted by molar-refractivity contribution is 5.38. The van der Waals surface area contributed by atoms with Crippen molar-refractivity contribution in [1.82, 2.24) is 5.32 Å². The fraction of sp³-hybridized carbons (Fsp3) is 0.647. The fourth-order valence-electron chi connectivity index (χ4n) is 3.36. The highest BCUT2D eigenvalue weighted by atomic mass is 14.9. The summed E-state index contributed by atoms with van der Waals surface area (Å²) in [6, 6.07) is 5.33. The van der Waals surface area contributed by atoms with E-state index >= 15 is 0 Å². The molecule has 0 spiro atoms. The molecule has 1 aliphatic rings. The first-order valence-corrected chi connectivity index (χ1v) is 7.44. The summed E-state index contributed by atoms with van der Waals surface area (Å²) >= 11 is 0. The van der Waals surface area contributed by atoms with Crippen molar-refractivity contribution in [1.29, 1.82) is 0 Å². The van der Waals surface area contributed by atoms with Gasteiger partial charge in [-0.1, -0.05) is 31.9 Å². The molecule has 0 bridgehead atoms. The number of aryl methyl sites for hydroxylation is 3. The summed E-state index contributed by atoms with van der Waals surface area (Å²) in [4.78, 5) is 0. The number of hydrogen-bond donors (Lipinski definition) is 1. The molecule has 100 valence electrons. The quantitative estimate of drug-likeness (QED) is 0.826. The van der Waals surface area contributed by atoms with Gasteiger partial charge in [0.15, 0.2) is 0 Å². The number of nitrogens with one attached hydrogen (secondary N) is 1. The van der Waals surface area contributed by atoms with E-state index in [-0.39, 0.29) is 0 Å². The number of rotatable bonds is 4. The summed E-state index contributed by atoms with van der Waals surface area (Å²) in [6.45, 7) is 9.99. The topological polar surface area (TPSA) is 12.0 Å². The molecule has 1 fully saturated rings. The molecule has 0 aromatic heterocycles. The molecule has 0 radical (unpaired) electrons. The molecule has 1 nitrogen and oxygen atoms in total. The second-order valence-electron chi connectivity index (χ2n) is 5.87. The van der Waals surface area contributed by atoms with Crippen LogP contribution in [0.3, 0.4) is 0 Å². The lowest BCUT2D eigenvalue weighted by Gasteiger charge is -2.27. The van der Waals surface area contributed by atoms with E-state index in [0.29, 0.717) is 6.04 Å². The monoisotopic (exact) mass is 245 g/mol. The summed E-state index contributed by atoms with van der Waals surface area (Å²) in [5, 5.41) is 3.73. The van der Waals surface area contributed by atoms with Crippen molar-refractivity contribution in [2.45, 2.75) is 59.4 Å². The highest BCUT2D eigenvalue weighted by Gasteiger charge is 2.26. The van der Waals surface area contributed by atoms with Crippen LogP contribution in [0.1, 0.15) is 60.9 Å². The van der Waals surface area contributed by atoms with Gasteiger partial charge in [-0.05, 0) is 68.3 Å². The minimum atomic E-state index is 0.566. The molecule has 0 heterocycles. The zero-order chi connectivity index (χ0) is 13.1. The Hall–Kier alpha value is -0.820. The summed E-state index contributed by atoms with van der Waals surface area (Å²) in [6.07, 6.45) is 5.61. The SMILES string of the molecule is CCNC(c1cc(C)c(C)cc1C)C1CCCC1. The van der Waals surface area contributed by atoms with E-state index in [4.69, 9.17) is 0 Å². The Morgan fingerprint density at radius 2 is 1.67 bits per heavy atom. The van der Waals surface area contributed by atoms with Gasteiger partial charge in [0.2, 0.25) is 0 Å². The standard InChI is InChI=1S/C17H27N/c1-5-18-17(15-8-6-7-9-15)16-11-13(3)12(2)10-14(16)4/h10-11,15,17-18H,5-9H2,1-4H3. The molecule has 1 aromatic rings. The first-order chi connectivity index (χ1) is 8.63. The molecule has 18 heavy (non-hydrogen) atoms. The zero-order valence-corrected chi connectivity index (χ0v) is 12.3. The third-order valence-corrected chi connectivity index (χ3v) is 4.51. The normalized spacial score (nSPS) is 18.2. The van der Waals surface area contributed by atoms with Gasteiger partial charge in [0.05, 0.1) is 0 Å².